The first-order valence-electron chi connectivity index (χ1n) is 5.57. The molecule has 0 aliphatic rings. The zero-order valence-corrected chi connectivity index (χ0v) is 10.5. The topological polar surface area (TPSA) is 55.8 Å². The molecule has 0 saturated heterocycles. The number of rotatable bonds is 6. The van der Waals surface area contributed by atoms with Gasteiger partial charge in [-0.1, -0.05) is 6.07 Å². The molecule has 1 rings (SSSR count). The van der Waals surface area contributed by atoms with Crippen molar-refractivity contribution in [3.8, 4) is 11.5 Å². The molecule has 0 bridgehead atoms. The van der Waals surface area contributed by atoms with Gasteiger partial charge in [-0.25, -0.2) is 4.79 Å². The number of carboxylic acids is 1. The summed E-state index contributed by atoms with van der Waals surface area (Å²) >= 11 is 0. The summed E-state index contributed by atoms with van der Waals surface area (Å²) in [5, 5.41) is 8.77. The normalized spacial score (nSPS) is 11.5. The molecule has 104 valence electrons. The summed E-state index contributed by atoms with van der Waals surface area (Å²) in [5.74, 6) is -0.984. The Labute approximate surface area is 109 Å². The summed E-state index contributed by atoms with van der Waals surface area (Å²) in [4.78, 5) is 10.7. The third-order valence-electron chi connectivity index (χ3n) is 2.20. The first-order chi connectivity index (χ1) is 8.93. The zero-order chi connectivity index (χ0) is 14.4. The summed E-state index contributed by atoms with van der Waals surface area (Å²) in [5.41, 5.74) is 0.662. The van der Waals surface area contributed by atoms with Crippen molar-refractivity contribution in [3.63, 3.8) is 0 Å². The van der Waals surface area contributed by atoms with Crippen LogP contribution >= 0.6 is 0 Å². The van der Waals surface area contributed by atoms with Gasteiger partial charge in [-0.15, -0.1) is 0 Å². The zero-order valence-electron chi connectivity index (χ0n) is 10.5. The van der Waals surface area contributed by atoms with Crippen LogP contribution in [0.15, 0.2) is 23.8 Å². The highest BCUT2D eigenvalue weighted by Gasteiger charge is 2.11. The molecule has 0 amide bonds. The average Bonchev–Trinajstić information content (AvgIpc) is 2.32. The standard InChI is InChI=1S/C13H14F2O4/c1-3-18-11-7-9(6-8(2)12(16)17)4-5-10(11)19-13(14)15/h4-7,13H,3H2,1-2H3,(H,16,17). The monoisotopic (exact) mass is 272 g/mol. The molecule has 6 heteroatoms. The molecule has 19 heavy (non-hydrogen) atoms. The van der Waals surface area contributed by atoms with Gasteiger partial charge in [-0.2, -0.15) is 8.78 Å². The van der Waals surface area contributed by atoms with E-state index in [4.69, 9.17) is 9.84 Å². The van der Waals surface area contributed by atoms with Crippen LogP contribution in [0.5, 0.6) is 11.5 Å². The largest absolute Gasteiger partial charge is 0.490 e. The molecule has 1 N–H and O–H groups in total. The second-order valence-corrected chi connectivity index (χ2v) is 3.65. The molecular formula is C13H14F2O4. The van der Waals surface area contributed by atoms with Gasteiger partial charge >= 0.3 is 12.6 Å². The van der Waals surface area contributed by atoms with Gasteiger partial charge in [-0.3, -0.25) is 0 Å². The summed E-state index contributed by atoms with van der Waals surface area (Å²) in [6.07, 6.45) is 1.41. The number of benzene rings is 1. The fourth-order valence-corrected chi connectivity index (χ4v) is 1.39. The number of hydrogen-bond acceptors (Lipinski definition) is 3. The number of aliphatic carboxylic acids is 1. The molecule has 0 unspecified atom stereocenters. The first-order valence-corrected chi connectivity index (χ1v) is 5.57. The van der Waals surface area contributed by atoms with Crippen LogP contribution in [-0.2, 0) is 4.79 Å². The number of hydrogen-bond donors (Lipinski definition) is 1. The molecule has 0 saturated carbocycles. The summed E-state index contributed by atoms with van der Waals surface area (Å²) in [6.45, 7) is 0.482. The highest BCUT2D eigenvalue weighted by Crippen LogP contribution is 2.30. The molecule has 0 aromatic heterocycles. The predicted octanol–water partition coefficient (Wildman–Crippen LogP) is 3.17. The van der Waals surface area contributed by atoms with Crippen molar-refractivity contribution in [2.45, 2.75) is 20.5 Å². The maximum absolute atomic E-state index is 12.2. The Morgan fingerprint density at radius 2 is 2.11 bits per heavy atom. The number of alkyl halides is 2. The van der Waals surface area contributed by atoms with Crippen molar-refractivity contribution in [1.82, 2.24) is 0 Å². The molecule has 0 fully saturated rings. The highest BCUT2D eigenvalue weighted by atomic mass is 19.3. The van der Waals surface area contributed by atoms with Crippen molar-refractivity contribution >= 4 is 12.0 Å². The minimum absolute atomic E-state index is 0.0815. The fourth-order valence-electron chi connectivity index (χ4n) is 1.39. The third-order valence-corrected chi connectivity index (χ3v) is 2.20. The van der Waals surface area contributed by atoms with Crippen LogP contribution in [-0.4, -0.2) is 24.3 Å². The van der Waals surface area contributed by atoms with Crippen LogP contribution in [0.4, 0.5) is 8.78 Å². The fraction of sp³-hybridized carbons (Fsp3) is 0.308. The van der Waals surface area contributed by atoms with Crippen LogP contribution in [0.1, 0.15) is 19.4 Å². The quantitative estimate of drug-likeness (QED) is 0.808. The van der Waals surface area contributed by atoms with Crippen LogP contribution in [0.3, 0.4) is 0 Å². The number of halogens is 2. The lowest BCUT2D eigenvalue weighted by Crippen LogP contribution is -2.04. The Kier molecular flexibility index (Phi) is 5.29. The lowest BCUT2D eigenvalue weighted by Gasteiger charge is -2.11. The Morgan fingerprint density at radius 3 is 2.63 bits per heavy atom. The molecule has 0 heterocycles. The number of carboxylic acid groups (broad SMARTS) is 1. The average molecular weight is 272 g/mol. The van der Waals surface area contributed by atoms with Gasteiger partial charge in [0.2, 0.25) is 0 Å². The predicted molar refractivity (Wildman–Crippen MR) is 65.5 cm³/mol. The van der Waals surface area contributed by atoms with Crippen LogP contribution in [0, 0.1) is 0 Å². The van der Waals surface area contributed by atoms with Crippen molar-refractivity contribution in [2.24, 2.45) is 0 Å². The van der Waals surface area contributed by atoms with E-state index in [0.29, 0.717) is 5.56 Å². The molecule has 0 radical (unpaired) electrons. The lowest BCUT2D eigenvalue weighted by atomic mass is 10.1. The second-order valence-electron chi connectivity index (χ2n) is 3.65. The minimum Gasteiger partial charge on any atom is -0.490 e. The minimum atomic E-state index is -2.94. The Morgan fingerprint density at radius 1 is 1.42 bits per heavy atom. The van der Waals surface area contributed by atoms with Gasteiger partial charge in [0.05, 0.1) is 6.61 Å². The molecule has 0 atom stereocenters. The Balaban J connectivity index is 3.08. The number of carbonyl (C=O) groups is 1. The number of ether oxygens (including phenoxy) is 2. The van der Waals surface area contributed by atoms with E-state index in [-0.39, 0.29) is 23.7 Å². The molecule has 4 nitrogen and oxygen atoms in total. The summed E-state index contributed by atoms with van der Waals surface area (Å²) in [6, 6.07) is 4.25. The van der Waals surface area contributed by atoms with Gasteiger partial charge < -0.3 is 14.6 Å². The molecule has 0 aliphatic carbocycles. The molecule has 1 aromatic rings. The summed E-state index contributed by atoms with van der Waals surface area (Å²) < 4.78 is 33.9. The van der Waals surface area contributed by atoms with E-state index in [0.717, 1.165) is 0 Å². The first kappa shape index (κ1) is 14.9. The van der Waals surface area contributed by atoms with Gasteiger partial charge in [0.25, 0.3) is 0 Å². The van der Waals surface area contributed by atoms with Crippen molar-refractivity contribution in [2.75, 3.05) is 6.61 Å². The molecule has 0 spiro atoms. The van der Waals surface area contributed by atoms with E-state index in [1.54, 1.807) is 6.92 Å². The van der Waals surface area contributed by atoms with Gasteiger partial charge in [0.1, 0.15) is 0 Å². The lowest BCUT2D eigenvalue weighted by molar-refractivity contribution is -0.132. The summed E-state index contributed by atoms with van der Waals surface area (Å²) in [7, 11) is 0. The molecule has 1 aromatic carbocycles. The van der Waals surface area contributed by atoms with Crippen LogP contribution in [0.25, 0.3) is 6.08 Å². The van der Waals surface area contributed by atoms with E-state index in [1.165, 1.54) is 31.2 Å². The Hall–Kier alpha value is -2.11. The maximum atomic E-state index is 12.2. The van der Waals surface area contributed by atoms with E-state index in [2.05, 4.69) is 4.74 Å². The SMILES string of the molecule is CCOc1cc(C=C(C)C(=O)O)ccc1OC(F)F. The van der Waals surface area contributed by atoms with E-state index >= 15 is 0 Å². The van der Waals surface area contributed by atoms with Gasteiger partial charge in [0.15, 0.2) is 11.5 Å². The van der Waals surface area contributed by atoms with Gasteiger partial charge in [0, 0.05) is 5.57 Å². The van der Waals surface area contributed by atoms with Crippen molar-refractivity contribution in [3.05, 3.63) is 29.3 Å². The van der Waals surface area contributed by atoms with Gasteiger partial charge in [-0.05, 0) is 37.6 Å². The van der Waals surface area contributed by atoms with E-state index in [9.17, 15) is 13.6 Å². The second kappa shape index (κ2) is 6.72. The van der Waals surface area contributed by atoms with Crippen LogP contribution in [0.2, 0.25) is 0 Å². The van der Waals surface area contributed by atoms with Crippen molar-refractivity contribution < 1.29 is 28.2 Å². The highest BCUT2D eigenvalue weighted by molar-refractivity contribution is 5.91. The maximum Gasteiger partial charge on any atom is 0.387 e. The molecule has 0 aliphatic heterocycles. The van der Waals surface area contributed by atoms with E-state index in [1.807, 2.05) is 0 Å². The van der Waals surface area contributed by atoms with E-state index < -0.39 is 12.6 Å². The van der Waals surface area contributed by atoms with Crippen LogP contribution < -0.4 is 9.47 Å². The molecular weight excluding hydrogens is 258 g/mol. The third kappa shape index (κ3) is 4.57. The smallest absolute Gasteiger partial charge is 0.387 e. The Bertz CT molecular complexity index is 484. The van der Waals surface area contributed by atoms with Crippen molar-refractivity contribution in [1.29, 1.82) is 0 Å².